The van der Waals surface area contributed by atoms with Crippen LogP contribution in [0.2, 0.25) is 0 Å². The van der Waals surface area contributed by atoms with Crippen LogP contribution in [0.3, 0.4) is 0 Å². The molecular weight excluding hydrogens is 1600 g/mol. The third-order valence-corrected chi connectivity index (χ3v) is 23.8. The van der Waals surface area contributed by atoms with Crippen LogP contribution in [-0.4, -0.2) is 79.5 Å². The second-order valence-electron chi connectivity index (χ2n) is 33.0. The molecule has 130 heavy (non-hydrogen) atoms. The lowest BCUT2D eigenvalue weighted by molar-refractivity contribution is 0.309. The van der Waals surface area contributed by atoms with E-state index in [1.165, 1.54) is 0 Å². The van der Waals surface area contributed by atoms with E-state index in [9.17, 15) is 0 Å². The molecule has 0 aliphatic carbocycles. The molecule has 0 unspecified atom stereocenters. The summed E-state index contributed by atoms with van der Waals surface area (Å²) in [4.78, 5) is 38.2. The fraction of sp³-hybridized carbons (Fsp3) is 0.207. The van der Waals surface area contributed by atoms with Crippen molar-refractivity contribution in [1.29, 1.82) is 0 Å². The second kappa shape index (κ2) is 40.7. The van der Waals surface area contributed by atoms with Crippen molar-refractivity contribution in [2.24, 2.45) is 0 Å². The van der Waals surface area contributed by atoms with E-state index in [0.717, 1.165) is 301 Å². The molecule has 14 heteroatoms. The van der Waals surface area contributed by atoms with Gasteiger partial charge < -0.3 is 48.4 Å². The highest BCUT2D eigenvalue weighted by Crippen LogP contribution is 2.44. The summed E-state index contributed by atoms with van der Waals surface area (Å²) in [5.41, 5.74) is 30.5. The summed E-state index contributed by atoms with van der Waals surface area (Å²) in [6, 6.07) is 84.3. The van der Waals surface area contributed by atoms with Crippen molar-refractivity contribution in [3.63, 3.8) is 0 Å². The van der Waals surface area contributed by atoms with E-state index in [4.69, 9.17) is 48.4 Å². The zero-order valence-corrected chi connectivity index (χ0v) is 74.7. The molecule has 4 N–H and O–H groups in total. The summed E-state index contributed by atoms with van der Waals surface area (Å²) >= 11 is 0. The van der Waals surface area contributed by atoms with Gasteiger partial charge in [0.05, 0.1) is 85.2 Å². The maximum atomic E-state index is 6.23. The Morgan fingerprint density at radius 3 is 0.485 bits per heavy atom. The molecule has 16 bridgehead atoms. The monoisotopic (exact) mass is 1710 g/mol. The van der Waals surface area contributed by atoms with Gasteiger partial charge in [-0.3, -0.25) is 0 Å². The predicted octanol–water partition coefficient (Wildman–Crippen LogP) is 29.4. The Balaban J connectivity index is 0.731. The quantitative estimate of drug-likeness (QED) is 0.0235. The lowest BCUT2D eigenvalue weighted by Crippen LogP contribution is -1.96. The number of aromatic nitrogens is 8. The standard InChI is InChI=1S/C116H106N8O6/c1-7-13-71-125-87-43-31-81(32-44-87)111-97-59-55-93(117-97)109(94-56-60-98(118-94)112(82-33-45-88(46-34-82)126-72-14-8-2)102-64-68-106(122-102)115(105-67-63-101(111)121-105)85-39-51-91(52-40-85)129-75-17-11-5)79-27-23-77(24-28-79)21-19-20-22-78-25-29-80(30-26-78)110-95-57-61-99(119-95)113(83-35-47-89(48-36-83)127-73-15-9-3)103-65-69-107(123-103)116(86-41-53-92(54-42-86)130-76-18-12-6)108-70-66-104(124-108)114(100-62-58-96(110)120-100)84-37-49-90(50-38-84)128-74-16-10-4/h23-70,117,119,122,124H,7-18,71-76H2,1-6H3. The third-order valence-electron chi connectivity index (χ3n) is 23.8. The molecule has 10 heterocycles. The van der Waals surface area contributed by atoms with Gasteiger partial charge in [0.15, 0.2) is 0 Å². The lowest BCUT2D eigenvalue weighted by Gasteiger charge is -2.09. The average molecular weight is 1710 g/mol. The largest absolute Gasteiger partial charge is 0.494 e. The molecule has 0 amide bonds. The SMILES string of the molecule is CCCCOc1ccc(-c2c3nc(c(-c4ccc(OCCCC)cc4)c4ccc([nH]4)c(-c4ccc(OCCCC)cc4)c4nc(c(-c5ccc(C#CC#Cc6ccc(-c7c8nc(c(-c9ccc(OCCCC)cc9)c9ccc([nH]9)c(-c9ccc(OCCCC)cc9)c9nc(c(-c%10ccc(OCCCC)cc%10)c%10ccc7[nH]%10)C=C9)C=C8)cc6)cc5)c5ccc2[nH]5)C=C4)C=C3)cc1. The number of fused-ring (bicyclic) bond motifs is 16. The molecule has 0 atom stereocenters. The first-order valence-electron chi connectivity index (χ1n) is 46.1. The van der Waals surface area contributed by atoms with Gasteiger partial charge in [-0.25, -0.2) is 19.9 Å². The van der Waals surface area contributed by atoms with Crippen molar-refractivity contribution >= 4 is 92.7 Å². The van der Waals surface area contributed by atoms with Crippen molar-refractivity contribution in [3.8, 4) is 147 Å². The lowest BCUT2D eigenvalue weighted by atomic mass is 10.0. The van der Waals surface area contributed by atoms with Gasteiger partial charge in [0.2, 0.25) is 0 Å². The van der Waals surface area contributed by atoms with E-state index in [-0.39, 0.29) is 0 Å². The minimum absolute atomic E-state index is 0.651. The van der Waals surface area contributed by atoms with E-state index < -0.39 is 0 Å². The van der Waals surface area contributed by atoms with Crippen LogP contribution in [0.5, 0.6) is 34.5 Å². The first-order chi connectivity index (χ1) is 64.1. The Hall–Kier alpha value is -15.1. The van der Waals surface area contributed by atoms with Crippen molar-refractivity contribution < 1.29 is 28.4 Å². The Kier molecular flexibility index (Phi) is 26.8. The topological polar surface area (TPSA) is 170 Å². The number of hydrogen-bond donors (Lipinski definition) is 4. The van der Waals surface area contributed by atoms with Crippen LogP contribution in [0.1, 0.15) is 175 Å². The minimum Gasteiger partial charge on any atom is -0.494 e. The van der Waals surface area contributed by atoms with Crippen LogP contribution in [0.15, 0.2) is 243 Å². The average Bonchev–Trinajstić information content (AvgIpc) is 1.60. The molecule has 646 valence electrons. The maximum Gasteiger partial charge on any atom is 0.119 e. The van der Waals surface area contributed by atoms with Crippen LogP contribution in [0, 0.1) is 23.7 Å². The van der Waals surface area contributed by atoms with Gasteiger partial charge >= 0.3 is 0 Å². The van der Waals surface area contributed by atoms with Crippen LogP contribution >= 0.6 is 0 Å². The first kappa shape index (κ1) is 85.7. The number of hydrogen-bond acceptors (Lipinski definition) is 10. The summed E-state index contributed by atoms with van der Waals surface area (Å²) < 4.78 is 37.3. The molecule has 0 saturated heterocycles. The number of nitrogens with one attached hydrogen (secondary N) is 4. The maximum absolute atomic E-state index is 6.23. The van der Waals surface area contributed by atoms with E-state index >= 15 is 0 Å². The van der Waals surface area contributed by atoms with E-state index in [1.807, 2.05) is 0 Å². The zero-order valence-electron chi connectivity index (χ0n) is 74.7. The van der Waals surface area contributed by atoms with Crippen LogP contribution in [0.4, 0.5) is 0 Å². The zero-order chi connectivity index (χ0) is 88.5. The van der Waals surface area contributed by atoms with Gasteiger partial charge in [-0.05, 0) is 289 Å². The van der Waals surface area contributed by atoms with Gasteiger partial charge in [0.25, 0.3) is 0 Å². The van der Waals surface area contributed by atoms with Crippen LogP contribution in [-0.2, 0) is 0 Å². The minimum atomic E-state index is 0.651. The normalized spacial score (nSPS) is 11.8. The van der Waals surface area contributed by atoms with E-state index in [2.05, 4.69) is 376 Å². The van der Waals surface area contributed by atoms with Crippen LogP contribution < -0.4 is 28.4 Å². The molecule has 4 aliphatic heterocycles. The number of nitrogens with zero attached hydrogens (tertiary/aromatic N) is 4. The van der Waals surface area contributed by atoms with Crippen molar-refractivity contribution in [3.05, 3.63) is 299 Å². The summed E-state index contributed by atoms with van der Waals surface area (Å²) in [6.07, 6.45) is 29.2. The molecular formula is C116H106N8O6. The van der Waals surface area contributed by atoms with Gasteiger partial charge in [0, 0.05) is 99.8 Å². The molecule has 18 rings (SSSR count). The number of benzene rings is 8. The molecule has 14 nitrogen and oxygen atoms in total. The Morgan fingerprint density at radius 2 is 0.338 bits per heavy atom. The molecule has 0 saturated carbocycles. The fourth-order valence-corrected chi connectivity index (χ4v) is 16.8. The summed E-state index contributed by atoms with van der Waals surface area (Å²) in [5, 5.41) is 0. The molecule has 14 aromatic rings. The first-order valence-corrected chi connectivity index (χ1v) is 46.1. The number of rotatable bonds is 32. The predicted molar refractivity (Wildman–Crippen MR) is 537 cm³/mol. The smallest absolute Gasteiger partial charge is 0.119 e. The fourth-order valence-electron chi connectivity index (χ4n) is 16.8. The Morgan fingerprint density at radius 1 is 0.192 bits per heavy atom. The molecule has 8 aromatic carbocycles. The highest BCUT2D eigenvalue weighted by molar-refractivity contribution is 6.03. The molecule has 0 spiro atoms. The summed E-state index contributed by atoms with van der Waals surface area (Å²) in [7, 11) is 0. The summed E-state index contributed by atoms with van der Waals surface area (Å²) in [5.74, 6) is 18.1. The number of ether oxygens (including phenoxy) is 6. The van der Waals surface area contributed by atoms with Gasteiger partial charge in [-0.15, -0.1) is 0 Å². The number of H-pyrrole nitrogens is 4. The highest BCUT2D eigenvalue weighted by atomic mass is 16.5. The van der Waals surface area contributed by atoms with Crippen molar-refractivity contribution in [1.82, 2.24) is 39.9 Å². The van der Waals surface area contributed by atoms with Crippen molar-refractivity contribution in [2.75, 3.05) is 39.6 Å². The molecule has 0 radical (unpaired) electrons. The molecule has 4 aliphatic rings. The van der Waals surface area contributed by atoms with Crippen LogP contribution in [0.25, 0.3) is 182 Å². The van der Waals surface area contributed by atoms with Gasteiger partial charge in [-0.2, -0.15) is 0 Å². The number of unbranched alkanes of at least 4 members (excludes halogenated alkanes) is 6. The van der Waals surface area contributed by atoms with Crippen molar-refractivity contribution in [2.45, 2.75) is 119 Å². The highest BCUT2D eigenvalue weighted by Gasteiger charge is 2.24. The van der Waals surface area contributed by atoms with E-state index in [0.29, 0.717) is 39.6 Å². The van der Waals surface area contributed by atoms with Gasteiger partial charge in [0.1, 0.15) is 34.5 Å². The third kappa shape index (κ3) is 19.4. The van der Waals surface area contributed by atoms with E-state index in [1.54, 1.807) is 0 Å². The van der Waals surface area contributed by atoms with Gasteiger partial charge in [-0.1, -0.05) is 189 Å². The Labute approximate surface area is 761 Å². The molecule has 6 aromatic heterocycles. The number of aromatic amines is 4. The Bertz CT molecular complexity index is 6540. The molecule has 0 fully saturated rings. The second-order valence-corrected chi connectivity index (χ2v) is 33.0. The summed E-state index contributed by atoms with van der Waals surface area (Å²) in [6.45, 7) is 17.0.